The van der Waals surface area contributed by atoms with Gasteiger partial charge in [-0.2, -0.15) is 0 Å². The van der Waals surface area contributed by atoms with Crippen LogP contribution < -0.4 is 0 Å². The van der Waals surface area contributed by atoms with E-state index in [1.54, 1.807) is 0 Å². The second kappa shape index (κ2) is 3.66. The van der Waals surface area contributed by atoms with Crippen LogP contribution in [0, 0.1) is 10.1 Å². The SMILES string of the molecule is O=[N+]([O-])c1ccc(Cl)cc1-n1cnnc1. The number of hydrogen-bond donors (Lipinski definition) is 0. The smallest absolute Gasteiger partial charge is 0.282 e. The van der Waals surface area contributed by atoms with Gasteiger partial charge in [0.15, 0.2) is 0 Å². The van der Waals surface area contributed by atoms with Crippen LogP contribution in [0.1, 0.15) is 0 Å². The molecule has 2 rings (SSSR count). The lowest BCUT2D eigenvalue weighted by Crippen LogP contribution is -1.97. The molecule has 15 heavy (non-hydrogen) atoms. The first-order valence-corrected chi connectivity index (χ1v) is 4.35. The maximum Gasteiger partial charge on any atom is 0.293 e. The van der Waals surface area contributed by atoms with Crippen molar-refractivity contribution in [1.29, 1.82) is 0 Å². The molecular formula is C8H5ClN4O2. The lowest BCUT2D eigenvalue weighted by Gasteiger charge is -2.02. The Morgan fingerprint density at radius 2 is 2.00 bits per heavy atom. The molecule has 1 aromatic carbocycles. The van der Waals surface area contributed by atoms with Crippen molar-refractivity contribution >= 4 is 17.3 Å². The molecule has 0 aliphatic rings. The van der Waals surface area contributed by atoms with Crippen LogP contribution in [0.25, 0.3) is 5.69 Å². The van der Waals surface area contributed by atoms with Crippen molar-refractivity contribution in [1.82, 2.24) is 14.8 Å². The lowest BCUT2D eigenvalue weighted by atomic mass is 10.2. The third-order valence-corrected chi connectivity index (χ3v) is 2.07. The van der Waals surface area contributed by atoms with Crippen LogP contribution in [0.2, 0.25) is 5.02 Å². The molecule has 0 saturated heterocycles. The zero-order chi connectivity index (χ0) is 10.8. The Kier molecular flexibility index (Phi) is 2.34. The van der Waals surface area contributed by atoms with Crippen molar-refractivity contribution in [2.24, 2.45) is 0 Å². The van der Waals surface area contributed by atoms with Gasteiger partial charge in [-0.1, -0.05) is 11.6 Å². The monoisotopic (exact) mass is 224 g/mol. The average molecular weight is 225 g/mol. The van der Waals surface area contributed by atoms with Crippen molar-refractivity contribution in [2.75, 3.05) is 0 Å². The molecule has 0 saturated carbocycles. The first kappa shape index (κ1) is 9.60. The van der Waals surface area contributed by atoms with E-state index in [0.717, 1.165) is 0 Å². The zero-order valence-electron chi connectivity index (χ0n) is 7.37. The van der Waals surface area contributed by atoms with Crippen molar-refractivity contribution < 1.29 is 4.92 Å². The van der Waals surface area contributed by atoms with E-state index < -0.39 is 4.92 Å². The molecule has 1 heterocycles. The largest absolute Gasteiger partial charge is 0.293 e. The molecule has 0 N–H and O–H groups in total. The normalized spacial score (nSPS) is 10.2. The highest BCUT2D eigenvalue weighted by molar-refractivity contribution is 6.30. The maximum atomic E-state index is 10.7. The molecule has 0 radical (unpaired) electrons. The summed E-state index contributed by atoms with van der Waals surface area (Å²) in [5.41, 5.74) is 0.303. The van der Waals surface area contributed by atoms with Crippen LogP contribution in [-0.2, 0) is 0 Å². The van der Waals surface area contributed by atoms with Gasteiger partial charge in [0.2, 0.25) is 0 Å². The van der Waals surface area contributed by atoms with Gasteiger partial charge < -0.3 is 0 Å². The van der Waals surface area contributed by atoms with E-state index >= 15 is 0 Å². The Morgan fingerprint density at radius 1 is 1.33 bits per heavy atom. The first-order valence-electron chi connectivity index (χ1n) is 3.97. The summed E-state index contributed by atoms with van der Waals surface area (Å²) in [4.78, 5) is 10.3. The summed E-state index contributed by atoms with van der Waals surface area (Å²) in [6.45, 7) is 0. The first-order chi connectivity index (χ1) is 7.18. The van der Waals surface area contributed by atoms with E-state index in [-0.39, 0.29) is 5.69 Å². The van der Waals surface area contributed by atoms with Crippen molar-refractivity contribution in [3.8, 4) is 5.69 Å². The molecule has 2 aromatic rings. The van der Waals surface area contributed by atoms with Gasteiger partial charge in [-0.05, 0) is 12.1 Å². The Morgan fingerprint density at radius 3 is 2.60 bits per heavy atom. The minimum atomic E-state index is -0.480. The highest BCUT2D eigenvalue weighted by atomic mass is 35.5. The number of nitro benzene ring substituents is 1. The number of halogens is 1. The summed E-state index contributed by atoms with van der Waals surface area (Å²) < 4.78 is 1.43. The molecular weight excluding hydrogens is 220 g/mol. The predicted molar refractivity (Wildman–Crippen MR) is 53.0 cm³/mol. The number of nitro groups is 1. The summed E-state index contributed by atoms with van der Waals surface area (Å²) in [7, 11) is 0. The summed E-state index contributed by atoms with van der Waals surface area (Å²) in [5, 5.41) is 18.3. The zero-order valence-corrected chi connectivity index (χ0v) is 8.13. The molecule has 7 heteroatoms. The van der Waals surface area contributed by atoms with Gasteiger partial charge in [-0.3, -0.25) is 14.7 Å². The van der Waals surface area contributed by atoms with E-state index in [1.807, 2.05) is 0 Å². The molecule has 0 aliphatic heterocycles. The third kappa shape index (κ3) is 1.79. The highest BCUT2D eigenvalue weighted by Crippen LogP contribution is 2.25. The molecule has 6 nitrogen and oxygen atoms in total. The summed E-state index contributed by atoms with van der Waals surface area (Å²) in [5.74, 6) is 0. The van der Waals surface area contributed by atoms with Crippen LogP contribution in [0.15, 0.2) is 30.9 Å². The molecule has 0 unspecified atom stereocenters. The fraction of sp³-hybridized carbons (Fsp3) is 0. The number of hydrogen-bond acceptors (Lipinski definition) is 4. The molecule has 0 atom stereocenters. The highest BCUT2D eigenvalue weighted by Gasteiger charge is 2.15. The van der Waals surface area contributed by atoms with Crippen LogP contribution in [-0.4, -0.2) is 19.7 Å². The average Bonchev–Trinajstić information content (AvgIpc) is 2.69. The van der Waals surface area contributed by atoms with E-state index in [4.69, 9.17) is 11.6 Å². The van der Waals surface area contributed by atoms with Crippen molar-refractivity contribution in [3.05, 3.63) is 46.0 Å². The van der Waals surface area contributed by atoms with Crippen LogP contribution >= 0.6 is 11.6 Å². The van der Waals surface area contributed by atoms with Gasteiger partial charge in [0.25, 0.3) is 5.69 Å². The second-order valence-electron chi connectivity index (χ2n) is 2.76. The van der Waals surface area contributed by atoms with Crippen LogP contribution in [0.3, 0.4) is 0 Å². The fourth-order valence-electron chi connectivity index (χ4n) is 1.18. The molecule has 76 valence electrons. The van der Waals surface area contributed by atoms with Gasteiger partial charge in [-0.15, -0.1) is 10.2 Å². The lowest BCUT2D eigenvalue weighted by molar-refractivity contribution is -0.384. The third-order valence-electron chi connectivity index (χ3n) is 1.83. The van der Waals surface area contributed by atoms with Gasteiger partial charge in [0, 0.05) is 11.1 Å². The van der Waals surface area contributed by atoms with Gasteiger partial charge in [0.1, 0.15) is 18.3 Å². The van der Waals surface area contributed by atoms with E-state index in [1.165, 1.54) is 35.4 Å². The van der Waals surface area contributed by atoms with E-state index in [2.05, 4.69) is 10.2 Å². The minimum absolute atomic E-state index is 0.0424. The number of aromatic nitrogens is 3. The summed E-state index contributed by atoms with van der Waals surface area (Å²) >= 11 is 5.76. The van der Waals surface area contributed by atoms with Crippen LogP contribution in [0.4, 0.5) is 5.69 Å². The predicted octanol–water partition coefficient (Wildman–Crippen LogP) is 1.83. The quantitative estimate of drug-likeness (QED) is 0.576. The van der Waals surface area contributed by atoms with Gasteiger partial charge in [-0.25, -0.2) is 0 Å². The fourth-order valence-corrected chi connectivity index (χ4v) is 1.35. The molecule has 0 amide bonds. The number of benzene rings is 1. The van der Waals surface area contributed by atoms with Crippen molar-refractivity contribution in [2.45, 2.75) is 0 Å². The molecule has 0 fully saturated rings. The van der Waals surface area contributed by atoms with E-state index in [9.17, 15) is 10.1 Å². The van der Waals surface area contributed by atoms with Crippen molar-refractivity contribution in [3.63, 3.8) is 0 Å². The Hall–Kier alpha value is -1.95. The minimum Gasteiger partial charge on any atom is -0.282 e. The number of nitrogens with zero attached hydrogens (tertiary/aromatic N) is 4. The Labute approximate surface area is 89.3 Å². The molecule has 0 spiro atoms. The van der Waals surface area contributed by atoms with Gasteiger partial charge >= 0.3 is 0 Å². The van der Waals surface area contributed by atoms with Crippen LogP contribution in [0.5, 0.6) is 0 Å². The van der Waals surface area contributed by atoms with E-state index in [0.29, 0.717) is 10.7 Å². The Bertz CT molecular complexity index is 497. The van der Waals surface area contributed by atoms with Gasteiger partial charge in [0.05, 0.1) is 4.92 Å². The molecule has 0 bridgehead atoms. The topological polar surface area (TPSA) is 73.8 Å². The molecule has 1 aromatic heterocycles. The molecule has 0 aliphatic carbocycles. The Balaban J connectivity index is 2.63. The second-order valence-corrected chi connectivity index (χ2v) is 3.20. The standard InChI is InChI=1S/C8H5ClN4O2/c9-6-1-2-7(13(14)15)8(3-6)12-4-10-11-5-12/h1-5H. The summed E-state index contributed by atoms with van der Waals surface area (Å²) in [6, 6.07) is 4.30. The summed E-state index contributed by atoms with van der Waals surface area (Å²) in [6.07, 6.45) is 2.75. The maximum absolute atomic E-state index is 10.7. The number of rotatable bonds is 2.